The van der Waals surface area contributed by atoms with E-state index in [4.69, 9.17) is 6.42 Å². The van der Waals surface area contributed by atoms with Crippen molar-refractivity contribution >= 4 is 5.91 Å². The van der Waals surface area contributed by atoms with Crippen molar-refractivity contribution < 1.29 is 4.79 Å². The van der Waals surface area contributed by atoms with Gasteiger partial charge in [-0.1, -0.05) is 19.8 Å². The summed E-state index contributed by atoms with van der Waals surface area (Å²) in [5.41, 5.74) is 0. The van der Waals surface area contributed by atoms with Gasteiger partial charge in [-0.3, -0.25) is 10.1 Å². The first kappa shape index (κ1) is 8.03. The van der Waals surface area contributed by atoms with Gasteiger partial charge >= 0.3 is 0 Å². The van der Waals surface area contributed by atoms with Crippen LogP contribution in [0.15, 0.2) is 0 Å². The maximum atomic E-state index is 10.5. The number of unbranched alkanes of at least 4 members (excludes halogenated alkanes) is 1. The third-order valence-electron chi connectivity index (χ3n) is 0.969. The molecule has 0 aliphatic heterocycles. The van der Waals surface area contributed by atoms with Gasteiger partial charge in [0, 0.05) is 12.5 Å². The maximum Gasteiger partial charge on any atom is 0.231 e. The molecule has 0 rings (SSSR count). The predicted molar refractivity (Wildman–Crippen MR) is 36.5 cm³/mol. The van der Waals surface area contributed by atoms with E-state index in [0.717, 1.165) is 12.8 Å². The third-order valence-corrected chi connectivity index (χ3v) is 0.969. The zero-order valence-electron chi connectivity index (χ0n) is 5.61. The average molecular weight is 125 g/mol. The molecule has 2 heteroatoms. The van der Waals surface area contributed by atoms with Gasteiger partial charge in [0.25, 0.3) is 0 Å². The minimum absolute atomic E-state index is 0.0562. The van der Waals surface area contributed by atoms with Gasteiger partial charge in [0.15, 0.2) is 0 Å². The smallest absolute Gasteiger partial charge is 0.231 e. The van der Waals surface area contributed by atoms with Gasteiger partial charge in [-0.05, 0) is 6.42 Å². The van der Waals surface area contributed by atoms with E-state index in [1.165, 1.54) is 0 Å². The molecule has 1 amide bonds. The Balaban J connectivity index is 3.19. The standard InChI is InChI=1S/C7H11NO/c1-3-5-6-7(9)8-4-2/h2H,3,5-6H2,1H3,(H,8,9). The SMILES string of the molecule is C#CNC(=O)CCCC. The molecular formula is C7H11NO. The van der Waals surface area contributed by atoms with E-state index in [0.29, 0.717) is 6.42 Å². The lowest BCUT2D eigenvalue weighted by atomic mass is 10.2. The third kappa shape index (κ3) is 4.89. The van der Waals surface area contributed by atoms with Gasteiger partial charge in [-0.15, -0.1) is 0 Å². The van der Waals surface area contributed by atoms with Crippen LogP contribution in [0.1, 0.15) is 26.2 Å². The second-order valence-electron chi connectivity index (χ2n) is 1.80. The molecule has 0 aromatic carbocycles. The van der Waals surface area contributed by atoms with Crippen LogP contribution in [0.3, 0.4) is 0 Å². The monoisotopic (exact) mass is 125 g/mol. The molecule has 0 saturated heterocycles. The fraction of sp³-hybridized carbons (Fsp3) is 0.571. The highest BCUT2D eigenvalue weighted by molar-refractivity contribution is 5.77. The van der Waals surface area contributed by atoms with E-state index >= 15 is 0 Å². The Morgan fingerprint density at radius 1 is 1.78 bits per heavy atom. The summed E-state index contributed by atoms with van der Waals surface area (Å²) in [5, 5.41) is 2.27. The summed E-state index contributed by atoms with van der Waals surface area (Å²) < 4.78 is 0. The summed E-state index contributed by atoms with van der Waals surface area (Å²) in [6.07, 6.45) is 7.30. The fourth-order valence-electron chi connectivity index (χ4n) is 0.480. The molecule has 0 atom stereocenters. The van der Waals surface area contributed by atoms with Gasteiger partial charge in [-0.2, -0.15) is 0 Å². The van der Waals surface area contributed by atoms with Crippen LogP contribution >= 0.6 is 0 Å². The summed E-state index contributed by atoms with van der Waals surface area (Å²) in [6, 6.07) is 2.08. The second kappa shape index (κ2) is 5.17. The zero-order chi connectivity index (χ0) is 7.11. The molecule has 0 spiro atoms. The van der Waals surface area contributed by atoms with E-state index in [9.17, 15) is 4.79 Å². The number of terminal acetylenes is 1. The highest BCUT2D eigenvalue weighted by Gasteiger charge is 1.94. The van der Waals surface area contributed by atoms with Crippen molar-refractivity contribution in [2.75, 3.05) is 0 Å². The molecule has 0 fully saturated rings. The highest BCUT2D eigenvalue weighted by atomic mass is 16.1. The van der Waals surface area contributed by atoms with Crippen molar-refractivity contribution in [3.05, 3.63) is 0 Å². The molecule has 2 nitrogen and oxygen atoms in total. The number of rotatable bonds is 3. The normalized spacial score (nSPS) is 8.00. The lowest BCUT2D eigenvalue weighted by molar-refractivity contribution is -0.120. The van der Waals surface area contributed by atoms with Crippen molar-refractivity contribution in [2.45, 2.75) is 26.2 Å². The first-order chi connectivity index (χ1) is 4.31. The van der Waals surface area contributed by atoms with Gasteiger partial charge in [0.2, 0.25) is 5.91 Å². The predicted octanol–water partition coefficient (Wildman–Crippen LogP) is 0.883. The molecule has 0 saturated carbocycles. The van der Waals surface area contributed by atoms with Crippen molar-refractivity contribution in [2.24, 2.45) is 0 Å². The fourth-order valence-corrected chi connectivity index (χ4v) is 0.480. The Labute approximate surface area is 55.6 Å². The molecule has 0 bridgehead atoms. The molecule has 50 valence electrons. The number of carbonyl (C=O) groups excluding carboxylic acids is 1. The first-order valence-electron chi connectivity index (χ1n) is 3.05. The number of carbonyl (C=O) groups is 1. The van der Waals surface area contributed by atoms with E-state index in [2.05, 4.69) is 11.4 Å². The number of hydrogen-bond acceptors (Lipinski definition) is 1. The Morgan fingerprint density at radius 2 is 2.44 bits per heavy atom. The van der Waals surface area contributed by atoms with Gasteiger partial charge < -0.3 is 0 Å². The lowest BCUT2D eigenvalue weighted by Gasteiger charge is -1.93. The van der Waals surface area contributed by atoms with Crippen LogP contribution < -0.4 is 5.32 Å². The van der Waals surface area contributed by atoms with Crippen molar-refractivity contribution in [3.8, 4) is 12.5 Å². The Bertz CT molecular complexity index is 123. The lowest BCUT2D eigenvalue weighted by Crippen LogP contribution is -2.16. The molecule has 0 aliphatic carbocycles. The largest absolute Gasteiger partial charge is 0.285 e. The molecule has 0 radical (unpaired) electrons. The molecule has 0 aliphatic rings. The maximum absolute atomic E-state index is 10.5. The van der Waals surface area contributed by atoms with Crippen LogP contribution in [0.2, 0.25) is 0 Å². The van der Waals surface area contributed by atoms with E-state index < -0.39 is 0 Å². The Morgan fingerprint density at radius 3 is 2.89 bits per heavy atom. The Kier molecular flexibility index (Phi) is 4.61. The topological polar surface area (TPSA) is 29.1 Å². The highest BCUT2D eigenvalue weighted by Crippen LogP contribution is 1.91. The van der Waals surface area contributed by atoms with Gasteiger partial charge in [0.1, 0.15) is 0 Å². The van der Waals surface area contributed by atoms with Gasteiger partial charge in [0.05, 0.1) is 0 Å². The van der Waals surface area contributed by atoms with Crippen LogP contribution in [0, 0.1) is 12.5 Å². The first-order valence-corrected chi connectivity index (χ1v) is 3.05. The van der Waals surface area contributed by atoms with E-state index in [1.807, 2.05) is 6.92 Å². The van der Waals surface area contributed by atoms with Crippen molar-refractivity contribution in [3.63, 3.8) is 0 Å². The summed E-state index contributed by atoms with van der Waals surface area (Å²) in [5.74, 6) is -0.0562. The second-order valence-corrected chi connectivity index (χ2v) is 1.80. The van der Waals surface area contributed by atoms with Crippen LogP contribution in [-0.4, -0.2) is 5.91 Å². The number of hydrogen-bond donors (Lipinski definition) is 1. The summed E-state index contributed by atoms with van der Waals surface area (Å²) in [6.45, 7) is 2.03. The summed E-state index contributed by atoms with van der Waals surface area (Å²) in [7, 11) is 0. The Hall–Kier alpha value is -0.970. The van der Waals surface area contributed by atoms with Crippen molar-refractivity contribution in [1.82, 2.24) is 5.32 Å². The van der Waals surface area contributed by atoms with Crippen molar-refractivity contribution in [1.29, 1.82) is 0 Å². The zero-order valence-corrected chi connectivity index (χ0v) is 5.61. The number of nitrogens with one attached hydrogen (secondary N) is 1. The van der Waals surface area contributed by atoms with Crippen LogP contribution in [0.25, 0.3) is 0 Å². The molecular weight excluding hydrogens is 114 g/mol. The molecule has 0 aromatic rings. The molecule has 0 unspecified atom stereocenters. The minimum Gasteiger partial charge on any atom is -0.285 e. The summed E-state index contributed by atoms with van der Waals surface area (Å²) in [4.78, 5) is 10.5. The van der Waals surface area contributed by atoms with Crippen LogP contribution in [-0.2, 0) is 4.79 Å². The number of amides is 1. The van der Waals surface area contributed by atoms with E-state index in [-0.39, 0.29) is 5.91 Å². The van der Waals surface area contributed by atoms with E-state index in [1.54, 1.807) is 0 Å². The quantitative estimate of drug-likeness (QED) is 0.440. The molecule has 1 N–H and O–H groups in total. The minimum atomic E-state index is -0.0562. The summed E-state index contributed by atoms with van der Waals surface area (Å²) >= 11 is 0. The molecule has 0 heterocycles. The van der Waals surface area contributed by atoms with Crippen LogP contribution in [0.5, 0.6) is 0 Å². The molecule has 0 aromatic heterocycles. The van der Waals surface area contributed by atoms with Crippen LogP contribution in [0.4, 0.5) is 0 Å². The average Bonchev–Trinajstić information content (AvgIpc) is 1.85. The molecule has 9 heavy (non-hydrogen) atoms. The van der Waals surface area contributed by atoms with Gasteiger partial charge in [-0.25, -0.2) is 0 Å².